The predicted octanol–water partition coefficient (Wildman–Crippen LogP) is 3.74. The van der Waals surface area contributed by atoms with Crippen molar-refractivity contribution in [2.75, 3.05) is 5.32 Å². The van der Waals surface area contributed by atoms with Crippen LogP contribution in [0.25, 0.3) is 5.69 Å². The minimum atomic E-state index is -0.972. The van der Waals surface area contributed by atoms with Crippen LogP contribution in [0.1, 0.15) is 53.9 Å². The fourth-order valence-electron chi connectivity index (χ4n) is 3.44. The highest BCUT2D eigenvalue weighted by Crippen LogP contribution is 2.17. The Bertz CT molecular complexity index is 887. The first-order valence-electron chi connectivity index (χ1n) is 11.0. The fraction of sp³-hybridized carbons (Fsp3) is 0.522. The van der Waals surface area contributed by atoms with Gasteiger partial charge in [0.25, 0.3) is 5.91 Å². The number of ether oxygens (including phenoxy) is 1. The number of aromatic nitrogens is 3. The summed E-state index contributed by atoms with van der Waals surface area (Å²) in [6.45, 7) is 9.85. The van der Waals surface area contributed by atoms with Gasteiger partial charge in [-0.15, -0.1) is 0 Å². The third-order valence-corrected chi connectivity index (χ3v) is 5.03. The van der Waals surface area contributed by atoms with Crippen molar-refractivity contribution in [3.63, 3.8) is 0 Å². The summed E-state index contributed by atoms with van der Waals surface area (Å²) in [5.74, 6) is -0.967. The van der Waals surface area contributed by atoms with Crippen LogP contribution in [0.2, 0.25) is 0 Å². The van der Waals surface area contributed by atoms with Crippen molar-refractivity contribution in [2.45, 2.75) is 66.0 Å². The van der Waals surface area contributed by atoms with E-state index in [0.29, 0.717) is 24.3 Å². The average Bonchev–Trinajstić information content (AvgIpc) is 3.22. The van der Waals surface area contributed by atoms with Crippen LogP contribution in [-0.2, 0) is 14.3 Å². The van der Waals surface area contributed by atoms with Crippen molar-refractivity contribution in [3.8, 4) is 5.69 Å². The zero-order valence-corrected chi connectivity index (χ0v) is 19.4. The summed E-state index contributed by atoms with van der Waals surface area (Å²) < 4.78 is 7.03. The van der Waals surface area contributed by atoms with E-state index in [-0.39, 0.29) is 17.9 Å². The molecule has 2 aromatic rings. The molecule has 2 amide bonds. The smallest absolute Gasteiger partial charge is 0.408 e. The Morgan fingerprint density at radius 1 is 1.03 bits per heavy atom. The quantitative estimate of drug-likeness (QED) is 0.511. The van der Waals surface area contributed by atoms with Crippen LogP contribution in [-0.4, -0.2) is 44.7 Å². The van der Waals surface area contributed by atoms with Crippen LogP contribution in [0.15, 0.2) is 36.8 Å². The number of anilines is 1. The van der Waals surface area contributed by atoms with Gasteiger partial charge in [-0.1, -0.05) is 47.5 Å². The second-order valence-electron chi connectivity index (χ2n) is 8.35. The van der Waals surface area contributed by atoms with Crippen LogP contribution >= 0.6 is 0 Å². The van der Waals surface area contributed by atoms with Crippen LogP contribution < -0.4 is 10.6 Å². The Morgan fingerprint density at radius 2 is 1.69 bits per heavy atom. The number of nitrogens with one attached hydrogen (secondary N) is 2. The highest BCUT2D eigenvalue weighted by Gasteiger charge is 2.29. The van der Waals surface area contributed by atoms with Crippen molar-refractivity contribution < 1.29 is 19.1 Å². The second kappa shape index (κ2) is 12.0. The number of rotatable bonds is 11. The molecule has 0 bridgehead atoms. The summed E-state index contributed by atoms with van der Waals surface area (Å²) in [4.78, 5) is 42.0. The third-order valence-electron chi connectivity index (χ3n) is 5.03. The first-order valence-corrected chi connectivity index (χ1v) is 11.0. The number of hydrogen-bond donors (Lipinski definition) is 2. The lowest BCUT2D eigenvalue weighted by Crippen LogP contribution is -2.47. The van der Waals surface area contributed by atoms with E-state index in [9.17, 15) is 14.4 Å². The Morgan fingerprint density at radius 3 is 2.28 bits per heavy atom. The van der Waals surface area contributed by atoms with Crippen LogP contribution in [0.4, 0.5) is 10.6 Å². The van der Waals surface area contributed by atoms with Crippen LogP contribution in [0.5, 0.6) is 0 Å². The Labute approximate surface area is 188 Å². The van der Waals surface area contributed by atoms with E-state index in [1.54, 1.807) is 30.6 Å². The summed E-state index contributed by atoms with van der Waals surface area (Å²) in [7, 11) is 0. The van der Waals surface area contributed by atoms with Gasteiger partial charge in [0.2, 0.25) is 5.78 Å². The number of pyridine rings is 1. The standard InChI is InChI=1S/C23H33N5O4/c1-6-7-8-18(26-23(31)32-21(15(2)3)16(4)5)20(29)22(30)27-19-11-14-25-28(19)17-9-12-24-13-10-17/h9-16,18,21H,6-8H2,1-5H3,(H,26,31)(H,27,30)/t18-/m0/s1. The third kappa shape index (κ3) is 6.90. The second-order valence-corrected chi connectivity index (χ2v) is 8.35. The normalized spacial score (nSPS) is 12.1. The van der Waals surface area contributed by atoms with Crippen molar-refractivity contribution >= 4 is 23.6 Å². The molecular weight excluding hydrogens is 410 g/mol. The van der Waals surface area contributed by atoms with E-state index < -0.39 is 23.8 Å². The van der Waals surface area contributed by atoms with Gasteiger partial charge >= 0.3 is 6.09 Å². The number of hydrogen-bond acceptors (Lipinski definition) is 6. The van der Waals surface area contributed by atoms with Crippen molar-refractivity contribution in [1.29, 1.82) is 0 Å². The molecule has 2 N–H and O–H groups in total. The largest absolute Gasteiger partial charge is 0.446 e. The maximum Gasteiger partial charge on any atom is 0.408 e. The van der Waals surface area contributed by atoms with E-state index in [4.69, 9.17) is 4.74 Å². The van der Waals surface area contributed by atoms with Crippen LogP contribution in [0, 0.1) is 11.8 Å². The summed E-state index contributed by atoms with van der Waals surface area (Å²) in [6, 6.07) is 4.07. The number of ketones is 1. The summed E-state index contributed by atoms with van der Waals surface area (Å²) in [6.07, 6.45) is 5.57. The van der Waals surface area contributed by atoms with Crippen molar-refractivity contribution in [3.05, 3.63) is 36.8 Å². The summed E-state index contributed by atoms with van der Waals surface area (Å²) in [5.41, 5.74) is 0.686. The molecule has 2 rings (SSSR count). The van der Waals surface area contributed by atoms with Gasteiger partial charge in [0.05, 0.1) is 11.9 Å². The lowest BCUT2D eigenvalue weighted by molar-refractivity contribution is -0.136. The number of Topliss-reactive ketones (excluding diaryl/α,β-unsaturated/α-hetero) is 1. The minimum absolute atomic E-state index is 0.127. The molecule has 9 heteroatoms. The molecule has 0 unspecified atom stereocenters. The lowest BCUT2D eigenvalue weighted by atomic mass is 9.96. The summed E-state index contributed by atoms with van der Waals surface area (Å²) in [5, 5.41) is 9.37. The van der Waals surface area contributed by atoms with Gasteiger partial charge in [0.15, 0.2) is 0 Å². The molecule has 0 saturated heterocycles. The molecule has 0 aliphatic rings. The zero-order valence-electron chi connectivity index (χ0n) is 19.4. The predicted molar refractivity (Wildman–Crippen MR) is 121 cm³/mol. The molecule has 0 spiro atoms. The molecule has 0 aliphatic carbocycles. The maximum atomic E-state index is 12.9. The molecule has 0 saturated carbocycles. The van der Waals surface area contributed by atoms with E-state index in [2.05, 4.69) is 20.7 Å². The lowest BCUT2D eigenvalue weighted by Gasteiger charge is -2.26. The molecule has 9 nitrogen and oxygen atoms in total. The van der Waals surface area contributed by atoms with E-state index in [1.165, 1.54) is 10.9 Å². The van der Waals surface area contributed by atoms with Crippen molar-refractivity contribution in [2.24, 2.45) is 11.8 Å². The average molecular weight is 444 g/mol. The van der Waals surface area contributed by atoms with Crippen molar-refractivity contribution in [1.82, 2.24) is 20.1 Å². The van der Waals surface area contributed by atoms with Gasteiger partial charge in [-0.2, -0.15) is 5.10 Å². The van der Waals surface area contributed by atoms with Gasteiger partial charge < -0.3 is 15.4 Å². The molecule has 2 heterocycles. The van der Waals surface area contributed by atoms with Gasteiger partial charge in [-0.3, -0.25) is 14.6 Å². The van der Waals surface area contributed by atoms with Gasteiger partial charge in [-0.25, -0.2) is 9.48 Å². The monoisotopic (exact) mass is 443 g/mol. The van der Waals surface area contributed by atoms with Crippen LogP contribution in [0.3, 0.4) is 0 Å². The number of carbonyl (C=O) groups is 3. The Hall–Kier alpha value is -3.23. The number of amides is 2. The van der Waals surface area contributed by atoms with E-state index >= 15 is 0 Å². The topological polar surface area (TPSA) is 115 Å². The van der Waals surface area contributed by atoms with E-state index in [0.717, 1.165) is 6.42 Å². The molecule has 0 fully saturated rings. The Kier molecular flexibility index (Phi) is 9.37. The molecule has 1 atom stereocenters. The van der Waals surface area contributed by atoms with Gasteiger partial charge in [0.1, 0.15) is 18.0 Å². The molecule has 0 radical (unpaired) electrons. The highest BCUT2D eigenvalue weighted by atomic mass is 16.6. The number of unbranched alkanes of at least 4 members (excludes halogenated alkanes) is 1. The minimum Gasteiger partial charge on any atom is -0.446 e. The summed E-state index contributed by atoms with van der Waals surface area (Å²) >= 11 is 0. The molecule has 0 aliphatic heterocycles. The molecule has 2 aromatic heterocycles. The maximum absolute atomic E-state index is 12.9. The first kappa shape index (κ1) is 25.0. The fourth-order valence-corrected chi connectivity index (χ4v) is 3.44. The molecule has 0 aromatic carbocycles. The number of carbonyl (C=O) groups excluding carboxylic acids is 3. The van der Waals surface area contributed by atoms with Gasteiger partial charge in [-0.05, 0) is 30.4 Å². The number of nitrogens with zero attached hydrogens (tertiary/aromatic N) is 3. The van der Waals surface area contributed by atoms with Gasteiger partial charge in [0, 0.05) is 18.5 Å². The molecular formula is C23H33N5O4. The first-order chi connectivity index (χ1) is 15.2. The zero-order chi connectivity index (χ0) is 23.7. The Balaban J connectivity index is 2.10. The molecule has 32 heavy (non-hydrogen) atoms. The highest BCUT2D eigenvalue weighted by molar-refractivity contribution is 6.42. The number of alkyl carbamates (subject to hydrolysis) is 1. The SMILES string of the molecule is CCCC[C@H](NC(=O)OC(C(C)C)C(C)C)C(=O)C(=O)Nc1ccnn1-c1ccncc1. The molecule has 174 valence electrons. The van der Waals surface area contributed by atoms with E-state index in [1.807, 2.05) is 34.6 Å².